The standard InChI is InChI=1S/C14H12N6O6.ClH/c15-14(16)18-17-9(1-3-10-5-7-12(25-10)19(21)22)2-4-11-6-8-13(26-11)20(23)24;/h1-8H,(H4,15,16,18);1H/i1+1,2+1,9+1;. The van der Waals surface area contributed by atoms with Gasteiger partial charge in [0.1, 0.15) is 21.4 Å². The maximum atomic E-state index is 10.6. The van der Waals surface area contributed by atoms with E-state index in [1.165, 1.54) is 48.6 Å². The average molecular weight is 400 g/mol. The highest BCUT2D eigenvalue weighted by Gasteiger charge is 2.11. The molecule has 0 aromatic carbocycles. The third kappa shape index (κ3) is 6.47. The first-order valence-electron chi connectivity index (χ1n) is 6.86. The molecule has 0 unspecified atom stereocenters. The van der Waals surface area contributed by atoms with E-state index < -0.39 is 21.6 Å². The second kappa shape index (κ2) is 9.53. The molecule has 0 amide bonds. The predicted molar refractivity (Wildman–Crippen MR) is 99.3 cm³/mol. The molecule has 2 aromatic rings. The third-order valence-corrected chi connectivity index (χ3v) is 2.70. The monoisotopic (exact) mass is 399 g/mol. The lowest BCUT2D eigenvalue weighted by molar-refractivity contribution is -0.402. The molecule has 0 bridgehead atoms. The summed E-state index contributed by atoms with van der Waals surface area (Å²) in [6, 6.07) is 5.19. The topological polar surface area (TPSA) is 189 Å². The van der Waals surface area contributed by atoms with Gasteiger partial charge in [-0.25, -0.2) is 0 Å². The van der Waals surface area contributed by atoms with Crippen molar-refractivity contribution in [2.24, 2.45) is 21.7 Å². The van der Waals surface area contributed by atoms with Crippen LogP contribution in [-0.4, -0.2) is 21.5 Å². The van der Waals surface area contributed by atoms with Crippen LogP contribution in [0, 0.1) is 20.2 Å². The molecule has 27 heavy (non-hydrogen) atoms. The molecule has 0 spiro atoms. The Bertz CT molecular complexity index is 873. The fourth-order valence-electron chi connectivity index (χ4n) is 1.63. The molecule has 4 N–H and O–H groups in total. The van der Waals surface area contributed by atoms with Crippen LogP contribution in [0.1, 0.15) is 11.5 Å². The zero-order valence-electron chi connectivity index (χ0n) is 13.4. The molecule has 0 saturated carbocycles. The first-order valence-corrected chi connectivity index (χ1v) is 6.86. The quantitative estimate of drug-likeness (QED) is 0.233. The minimum absolute atomic E-state index is 0. The van der Waals surface area contributed by atoms with E-state index in [1.54, 1.807) is 0 Å². The van der Waals surface area contributed by atoms with Crippen molar-refractivity contribution in [3.63, 3.8) is 0 Å². The Labute approximate surface area is 157 Å². The normalized spacial score (nSPS) is 10.5. The van der Waals surface area contributed by atoms with E-state index in [0.29, 0.717) is 0 Å². The highest BCUT2D eigenvalue weighted by atomic mass is 35.5. The molecule has 142 valence electrons. The molecule has 0 aliphatic heterocycles. The number of guanidine groups is 1. The van der Waals surface area contributed by atoms with Crippen LogP contribution in [0.2, 0.25) is 0 Å². The van der Waals surface area contributed by atoms with Gasteiger partial charge in [0, 0.05) is 0 Å². The van der Waals surface area contributed by atoms with Gasteiger partial charge in [0.2, 0.25) is 5.96 Å². The van der Waals surface area contributed by atoms with Gasteiger partial charge in [-0.1, -0.05) is 0 Å². The summed E-state index contributed by atoms with van der Waals surface area (Å²) >= 11 is 0. The summed E-state index contributed by atoms with van der Waals surface area (Å²) in [6.07, 6.45) is 5.65. The van der Waals surface area contributed by atoms with Crippen molar-refractivity contribution < 1.29 is 18.7 Å². The predicted octanol–water partition coefficient (Wildman–Crippen LogP) is 2.47. The summed E-state index contributed by atoms with van der Waals surface area (Å²) in [7, 11) is 0. The Morgan fingerprint density at radius 3 is 1.67 bits per heavy atom. The van der Waals surface area contributed by atoms with Gasteiger partial charge in [0.25, 0.3) is 0 Å². The van der Waals surface area contributed by atoms with Gasteiger partial charge in [-0.2, -0.15) is 0 Å². The van der Waals surface area contributed by atoms with Crippen LogP contribution in [0.3, 0.4) is 0 Å². The minimum Gasteiger partial charge on any atom is -0.401 e. The number of hydrogen-bond donors (Lipinski definition) is 2. The van der Waals surface area contributed by atoms with Crippen LogP contribution in [0.5, 0.6) is 0 Å². The van der Waals surface area contributed by atoms with Crippen molar-refractivity contribution in [3.05, 3.63) is 68.2 Å². The number of nitrogens with zero attached hydrogens (tertiary/aromatic N) is 4. The van der Waals surface area contributed by atoms with E-state index in [0.717, 1.165) is 0 Å². The minimum atomic E-state index is -0.671. The van der Waals surface area contributed by atoms with Crippen molar-refractivity contribution in [2.45, 2.75) is 0 Å². The van der Waals surface area contributed by atoms with Crippen LogP contribution in [0.25, 0.3) is 12.2 Å². The van der Waals surface area contributed by atoms with Gasteiger partial charge >= 0.3 is 11.8 Å². The molecule has 0 saturated heterocycles. The van der Waals surface area contributed by atoms with Gasteiger partial charge in [0.05, 0.1) is 17.8 Å². The lowest BCUT2D eigenvalue weighted by Gasteiger charge is -1.91. The van der Waals surface area contributed by atoms with Crippen molar-refractivity contribution in [1.29, 1.82) is 0 Å². The molecule has 0 radical (unpaired) electrons. The molecule has 2 rings (SSSR count). The summed E-state index contributed by atoms with van der Waals surface area (Å²) in [6.45, 7) is 0. The van der Waals surface area contributed by atoms with Gasteiger partial charge in [-0.05, 0) is 36.4 Å². The number of rotatable bonds is 7. The molecule has 2 aromatic heterocycles. The van der Waals surface area contributed by atoms with E-state index in [2.05, 4.69) is 10.2 Å². The second-order valence-corrected chi connectivity index (χ2v) is 4.58. The summed E-state index contributed by atoms with van der Waals surface area (Å²) < 4.78 is 9.94. The van der Waals surface area contributed by atoms with Gasteiger partial charge < -0.3 is 20.3 Å². The van der Waals surface area contributed by atoms with Crippen molar-refractivity contribution in [2.75, 3.05) is 0 Å². The maximum absolute atomic E-state index is 10.6. The molecular weight excluding hydrogens is 387 g/mol. The first-order chi connectivity index (χ1) is 12.3. The molecule has 0 aliphatic rings. The number of nitro groups is 2. The molecule has 12 nitrogen and oxygen atoms in total. The molecule has 0 fully saturated rings. The Kier molecular flexibility index (Phi) is 7.45. The highest BCUT2D eigenvalue weighted by Crippen LogP contribution is 2.18. The van der Waals surface area contributed by atoms with Crippen LogP contribution in [0.4, 0.5) is 11.8 Å². The first kappa shape index (κ1) is 21.1. The molecule has 0 atom stereocenters. The fourth-order valence-corrected chi connectivity index (χ4v) is 1.63. The van der Waals surface area contributed by atoms with Gasteiger partial charge in [-0.15, -0.1) is 22.6 Å². The van der Waals surface area contributed by atoms with Crippen molar-refractivity contribution in [3.8, 4) is 0 Å². The second-order valence-electron chi connectivity index (χ2n) is 4.58. The number of allylic oxidation sites excluding steroid dienone is 2. The van der Waals surface area contributed by atoms with Crippen LogP contribution in [0.15, 0.2) is 55.5 Å². The van der Waals surface area contributed by atoms with Gasteiger partial charge in [0.15, 0.2) is 0 Å². The van der Waals surface area contributed by atoms with E-state index in [9.17, 15) is 20.2 Å². The zero-order chi connectivity index (χ0) is 19.1. The lowest BCUT2D eigenvalue weighted by Crippen LogP contribution is -2.22. The fraction of sp³-hybridized carbons (Fsp3) is 0. The van der Waals surface area contributed by atoms with Crippen molar-refractivity contribution in [1.82, 2.24) is 0 Å². The summed E-state index contributed by atoms with van der Waals surface area (Å²) in [5.74, 6) is -0.699. The Morgan fingerprint density at radius 1 is 0.889 bits per heavy atom. The number of nitrogens with two attached hydrogens (primary N) is 2. The molecule has 0 aliphatic carbocycles. The lowest BCUT2D eigenvalue weighted by atomic mass is 10.5. The van der Waals surface area contributed by atoms with E-state index in [1.807, 2.05) is 0 Å². The van der Waals surface area contributed by atoms with Crippen molar-refractivity contribution >= 4 is 48.0 Å². The van der Waals surface area contributed by atoms with E-state index >= 15 is 0 Å². The summed E-state index contributed by atoms with van der Waals surface area (Å²) in [4.78, 5) is 19.8. The Hall–Kier alpha value is -3.93. The molecule has 13 heteroatoms. The number of hydrogen-bond acceptors (Lipinski definition) is 8. The van der Waals surface area contributed by atoms with Crippen LogP contribution in [-0.2, 0) is 0 Å². The molecule has 2 heterocycles. The summed E-state index contributed by atoms with van der Waals surface area (Å²) in [5.41, 5.74) is 10.6. The summed E-state index contributed by atoms with van der Waals surface area (Å²) in [5, 5.41) is 28.4. The Balaban J connectivity index is 0.00000364. The van der Waals surface area contributed by atoms with Crippen LogP contribution < -0.4 is 11.5 Å². The third-order valence-electron chi connectivity index (χ3n) is 2.70. The SMILES string of the molecule is Cl.NC(N)=NN=[13C]([13CH]=Cc1ccc([N+](=O)[O-])o1)[13CH]=Cc1ccc([N+](=O)[O-])o1. The largest absolute Gasteiger partial charge is 0.433 e. The highest BCUT2D eigenvalue weighted by molar-refractivity contribution is 6.08. The number of furan rings is 2. The van der Waals surface area contributed by atoms with Crippen LogP contribution >= 0.6 is 12.4 Å². The van der Waals surface area contributed by atoms with Gasteiger partial charge in [-0.3, -0.25) is 20.2 Å². The zero-order valence-corrected chi connectivity index (χ0v) is 14.2. The maximum Gasteiger partial charge on any atom is 0.433 e. The van der Waals surface area contributed by atoms with E-state index in [4.69, 9.17) is 20.3 Å². The average Bonchev–Trinajstić information content (AvgIpc) is 3.23. The Morgan fingerprint density at radius 2 is 1.33 bits per heavy atom. The smallest absolute Gasteiger partial charge is 0.401 e. The molecular formula is C14H13ClN6O6. The number of halogens is 1. The van der Waals surface area contributed by atoms with E-state index in [-0.39, 0.29) is 35.6 Å².